The quantitative estimate of drug-likeness (QED) is 0.830. The fourth-order valence-corrected chi connectivity index (χ4v) is 3.25. The van der Waals surface area contributed by atoms with Crippen molar-refractivity contribution in [1.82, 2.24) is 25.3 Å². The molecule has 2 aromatic rings. The third-order valence-electron chi connectivity index (χ3n) is 5.19. The summed E-state index contributed by atoms with van der Waals surface area (Å²) in [6.45, 7) is 5.89. The van der Waals surface area contributed by atoms with E-state index in [1.165, 1.54) is 12.1 Å². The number of carbonyl (C=O) groups excluding carboxylic acids is 1. The summed E-state index contributed by atoms with van der Waals surface area (Å²) in [7, 11) is 0. The summed E-state index contributed by atoms with van der Waals surface area (Å²) in [4.78, 5) is 21.1. The second-order valence-electron chi connectivity index (χ2n) is 7.29. The molecule has 1 aliphatic carbocycles. The SMILES string of the molecule is CC(C(=O)NC1CC1)N1CCN(Cc2nc(-c3ccc(F)cc3)no2)CC1. The van der Waals surface area contributed by atoms with Crippen molar-refractivity contribution in [2.24, 2.45) is 0 Å². The van der Waals surface area contributed by atoms with Crippen molar-refractivity contribution < 1.29 is 13.7 Å². The fraction of sp³-hybridized carbons (Fsp3) is 0.526. The molecular weight excluding hydrogens is 349 g/mol. The summed E-state index contributed by atoms with van der Waals surface area (Å²) in [5.41, 5.74) is 0.728. The molecule has 144 valence electrons. The summed E-state index contributed by atoms with van der Waals surface area (Å²) < 4.78 is 18.4. The number of piperazine rings is 1. The Morgan fingerprint density at radius 2 is 1.96 bits per heavy atom. The number of nitrogens with zero attached hydrogens (tertiary/aromatic N) is 4. The lowest BCUT2D eigenvalue weighted by Gasteiger charge is -2.36. The molecule has 2 heterocycles. The maximum absolute atomic E-state index is 13.0. The van der Waals surface area contributed by atoms with Gasteiger partial charge in [-0.2, -0.15) is 4.98 Å². The van der Waals surface area contributed by atoms with Gasteiger partial charge in [0.2, 0.25) is 17.6 Å². The van der Waals surface area contributed by atoms with Crippen LogP contribution in [0.3, 0.4) is 0 Å². The molecule has 7 nitrogen and oxygen atoms in total. The highest BCUT2D eigenvalue weighted by atomic mass is 19.1. The number of aromatic nitrogens is 2. The molecule has 1 unspecified atom stereocenters. The molecule has 1 N–H and O–H groups in total. The number of benzene rings is 1. The summed E-state index contributed by atoms with van der Waals surface area (Å²) in [6, 6.07) is 6.33. The predicted octanol–water partition coefficient (Wildman–Crippen LogP) is 1.66. The van der Waals surface area contributed by atoms with E-state index < -0.39 is 0 Å². The van der Waals surface area contributed by atoms with E-state index in [9.17, 15) is 9.18 Å². The van der Waals surface area contributed by atoms with Gasteiger partial charge in [-0.25, -0.2) is 4.39 Å². The minimum absolute atomic E-state index is 0.0961. The third-order valence-corrected chi connectivity index (χ3v) is 5.19. The molecule has 1 saturated heterocycles. The van der Waals surface area contributed by atoms with Gasteiger partial charge in [-0.05, 0) is 44.0 Å². The smallest absolute Gasteiger partial charge is 0.241 e. The van der Waals surface area contributed by atoms with Crippen LogP contribution >= 0.6 is 0 Å². The van der Waals surface area contributed by atoms with Crippen molar-refractivity contribution in [3.63, 3.8) is 0 Å². The number of amides is 1. The van der Waals surface area contributed by atoms with E-state index in [-0.39, 0.29) is 17.8 Å². The van der Waals surface area contributed by atoms with Crippen LogP contribution in [0, 0.1) is 5.82 Å². The Hall–Kier alpha value is -2.32. The van der Waals surface area contributed by atoms with Crippen LogP contribution in [0.5, 0.6) is 0 Å². The van der Waals surface area contributed by atoms with Crippen LogP contribution in [-0.4, -0.2) is 64.1 Å². The van der Waals surface area contributed by atoms with E-state index in [0.29, 0.717) is 24.3 Å². The molecule has 1 aromatic heterocycles. The molecule has 0 spiro atoms. The van der Waals surface area contributed by atoms with Gasteiger partial charge >= 0.3 is 0 Å². The second-order valence-corrected chi connectivity index (χ2v) is 7.29. The Balaban J connectivity index is 1.28. The zero-order chi connectivity index (χ0) is 18.8. The summed E-state index contributed by atoms with van der Waals surface area (Å²) >= 11 is 0. The molecule has 4 rings (SSSR count). The van der Waals surface area contributed by atoms with Gasteiger partial charge in [0.15, 0.2) is 0 Å². The van der Waals surface area contributed by atoms with Crippen LogP contribution in [0.2, 0.25) is 0 Å². The van der Waals surface area contributed by atoms with Crippen molar-refractivity contribution >= 4 is 5.91 Å². The van der Waals surface area contributed by atoms with Crippen LogP contribution < -0.4 is 5.32 Å². The highest BCUT2D eigenvalue weighted by molar-refractivity contribution is 5.81. The van der Waals surface area contributed by atoms with E-state index in [2.05, 4.69) is 25.3 Å². The van der Waals surface area contributed by atoms with Gasteiger partial charge in [-0.3, -0.25) is 14.6 Å². The van der Waals surface area contributed by atoms with Crippen molar-refractivity contribution in [2.75, 3.05) is 26.2 Å². The zero-order valence-electron chi connectivity index (χ0n) is 15.4. The van der Waals surface area contributed by atoms with E-state index in [4.69, 9.17) is 4.52 Å². The lowest BCUT2D eigenvalue weighted by atomic mass is 10.2. The normalized spacial score (nSPS) is 19.8. The molecule has 2 fully saturated rings. The average Bonchev–Trinajstić information content (AvgIpc) is 3.37. The maximum Gasteiger partial charge on any atom is 0.241 e. The van der Waals surface area contributed by atoms with Crippen molar-refractivity contribution in [3.8, 4) is 11.4 Å². The summed E-state index contributed by atoms with van der Waals surface area (Å²) in [5.74, 6) is 0.850. The predicted molar refractivity (Wildman–Crippen MR) is 97.2 cm³/mol. The largest absolute Gasteiger partial charge is 0.352 e. The molecule has 0 radical (unpaired) electrons. The molecular formula is C19H24FN5O2. The molecule has 1 atom stereocenters. The standard InChI is InChI=1S/C19H24FN5O2/c1-13(19(26)21-16-6-7-16)25-10-8-24(9-11-25)12-17-22-18(23-27-17)14-2-4-15(20)5-3-14/h2-5,13,16H,6-12H2,1H3,(H,21,26). The molecule has 1 amide bonds. The van der Waals surface area contributed by atoms with Gasteiger partial charge in [-0.15, -0.1) is 0 Å². The Bertz CT molecular complexity index is 782. The Labute approximate surface area is 157 Å². The van der Waals surface area contributed by atoms with Crippen LogP contribution in [-0.2, 0) is 11.3 Å². The highest BCUT2D eigenvalue weighted by Crippen LogP contribution is 2.20. The van der Waals surface area contributed by atoms with E-state index >= 15 is 0 Å². The fourth-order valence-electron chi connectivity index (χ4n) is 3.25. The third kappa shape index (κ3) is 4.51. The first-order valence-corrected chi connectivity index (χ1v) is 9.44. The van der Waals surface area contributed by atoms with E-state index in [1.807, 2.05) is 6.92 Å². The lowest BCUT2D eigenvalue weighted by molar-refractivity contribution is -0.126. The number of nitrogens with one attached hydrogen (secondary N) is 1. The van der Waals surface area contributed by atoms with Crippen LogP contribution in [0.4, 0.5) is 4.39 Å². The van der Waals surface area contributed by atoms with Crippen LogP contribution in [0.25, 0.3) is 11.4 Å². The number of hydrogen-bond acceptors (Lipinski definition) is 6. The number of carbonyl (C=O) groups is 1. The topological polar surface area (TPSA) is 74.5 Å². The van der Waals surface area contributed by atoms with Gasteiger partial charge in [0, 0.05) is 37.8 Å². The first-order chi connectivity index (χ1) is 13.1. The average molecular weight is 373 g/mol. The minimum atomic E-state index is -0.291. The van der Waals surface area contributed by atoms with Crippen molar-refractivity contribution in [3.05, 3.63) is 36.0 Å². The number of hydrogen-bond donors (Lipinski definition) is 1. The Morgan fingerprint density at radius 1 is 1.26 bits per heavy atom. The van der Waals surface area contributed by atoms with Crippen LogP contribution in [0.15, 0.2) is 28.8 Å². The Morgan fingerprint density at radius 3 is 2.63 bits per heavy atom. The monoisotopic (exact) mass is 373 g/mol. The van der Waals surface area contributed by atoms with Gasteiger partial charge in [-0.1, -0.05) is 5.16 Å². The van der Waals surface area contributed by atoms with E-state index in [1.54, 1.807) is 12.1 Å². The lowest BCUT2D eigenvalue weighted by Crippen LogP contribution is -2.53. The van der Waals surface area contributed by atoms with Gasteiger partial charge < -0.3 is 9.84 Å². The zero-order valence-corrected chi connectivity index (χ0v) is 15.4. The first-order valence-electron chi connectivity index (χ1n) is 9.44. The maximum atomic E-state index is 13.0. The van der Waals surface area contributed by atoms with E-state index in [0.717, 1.165) is 44.6 Å². The number of rotatable bonds is 6. The van der Waals surface area contributed by atoms with Gasteiger partial charge in [0.05, 0.1) is 12.6 Å². The molecule has 2 aliphatic rings. The van der Waals surface area contributed by atoms with Gasteiger partial charge in [0.25, 0.3) is 0 Å². The van der Waals surface area contributed by atoms with Crippen LogP contribution in [0.1, 0.15) is 25.7 Å². The van der Waals surface area contributed by atoms with Gasteiger partial charge in [0.1, 0.15) is 5.82 Å². The molecule has 0 bridgehead atoms. The van der Waals surface area contributed by atoms with Crippen molar-refractivity contribution in [1.29, 1.82) is 0 Å². The Kier molecular flexibility index (Phi) is 5.18. The number of halogens is 1. The minimum Gasteiger partial charge on any atom is -0.352 e. The second kappa shape index (κ2) is 7.74. The molecule has 1 saturated carbocycles. The molecule has 1 aromatic carbocycles. The summed E-state index contributed by atoms with van der Waals surface area (Å²) in [5, 5.41) is 7.06. The highest BCUT2D eigenvalue weighted by Gasteiger charge is 2.30. The molecule has 27 heavy (non-hydrogen) atoms. The first kappa shape index (κ1) is 18.1. The molecule has 8 heteroatoms. The summed E-state index contributed by atoms with van der Waals surface area (Å²) in [6.07, 6.45) is 2.21. The van der Waals surface area contributed by atoms with Crippen molar-refractivity contribution in [2.45, 2.75) is 38.4 Å². The molecule has 1 aliphatic heterocycles.